The van der Waals surface area contributed by atoms with Crippen LogP contribution in [0.3, 0.4) is 0 Å². The molecule has 1 atom stereocenters. The van der Waals surface area contributed by atoms with Crippen molar-refractivity contribution in [1.29, 1.82) is 0 Å². The topological polar surface area (TPSA) is 81.9 Å². The van der Waals surface area contributed by atoms with Gasteiger partial charge in [-0.2, -0.15) is 5.10 Å². The molecular formula is C19H22N2O3. The van der Waals surface area contributed by atoms with Crippen molar-refractivity contribution >= 4 is 12.1 Å². The second-order valence-corrected chi connectivity index (χ2v) is 6.57. The van der Waals surface area contributed by atoms with E-state index in [0.29, 0.717) is 11.1 Å². The van der Waals surface area contributed by atoms with Gasteiger partial charge in [-0.25, -0.2) is 5.43 Å². The quantitative estimate of drug-likeness (QED) is 0.597. The van der Waals surface area contributed by atoms with Crippen molar-refractivity contribution in [2.45, 2.75) is 32.3 Å². The molecule has 0 spiro atoms. The third-order valence-electron chi connectivity index (χ3n) is 3.64. The number of aliphatic hydroxyl groups is 1. The van der Waals surface area contributed by atoms with E-state index in [0.717, 1.165) is 5.56 Å². The molecule has 0 aliphatic heterocycles. The average molecular weight is 326 g/mol. The van der Waals surface area contributed by atoms with E-state index in [1.54, 1.807) is 36.4 Å². The van der Waals surface area contributed by atoms with Crippen molar-refractivity contribution in [3.63, 3.8) is 0 Å². The zero-order valence-corrected chi connectivity index (χ0v) is 14.0. The van der Waals surface area contributed by atoms with Crippen LogP contribution in [-0.2, 0) is 10.2 Å². The van der Waals surface area contributed by atoms with Gasteiger partial charge < -0.3 is 10.2 Å². The molecule has 1 unspecified atom stereocenters. The highest BCUT2D eigenvalue weighted by Crippen LogP contribution is 2.26. The van der Waals surface area contributed by atoms with E-state index in [4.69, 9.17) is 0 Å². The van der Waals surface area contributed by atoms with E-state index in [-0.39, 0.29) is 11.2 Å². The minimum absolute atomic E-state index is 0.0664. The normalized spacial score (nSPS) is 13.0. The van der Waals surface area contributed by atoms with E-state index < -0.39 is 12.0 Å². The van der Waals surface area contributed by atoms with Crippen molar-refractivity contribution in [2.75, 3.05) is 0 Å². The number of phenolic OH excluding ortho intramolecular Hbond substituents is 1. The summed E-state index contributed by atoms with van der Waals surface area (Å²) in [6.07, 6.45) is 0.0676. The summed E-state index contributed by atoms with van der Waals surface area (Å²) in [6.45, 7) is 6.20. The first-order chi connectivity index (χ1) is 11.3. The molecule has 0 fully saturated rings. The maximum Gasteiger partial charge on any atom is 0.273 e. The summed E-state index contributed by atoms with van der Waals surface area (Å²) >= 11 is 0. The van der Waals surface area contributed by atoms with E-state index in [2.05, 4.69) is 31.3 Å². The predicted molar refractivity (Wildman–Crippen MR) is 93.9 cm³/mol. The fourth-order valence-corrected chi connectivity index (χ4v) is 2.14. The van der Waals surface area contributed by atoms with Gasteiger partial charge in [0.1, 0.15) is 5.75 Å². The third kappa shape index (κ3) is 4.43. The molecule has 5 heteroatoms. The van der Waals surface area contributed by atoms with Gasteiger partial charge in [0.2, 0.25) is 0 Å². The van der Waals surface area contributed by atoms with Crippen molar-refractivity contribution in [3.8, 4) is 5.75 Å². The van der Waals surface area contributed by atoms with Crippen LogP contribution in [0.15, 0.2) is 53.6 Å². The van der Waals surface area contributed by atoms with E-state index in [1.807, 2.05) is 12.1 Å². The molecule has 3 N–H and O–H groups in total. The molecule has 2 rings (SSSR count). The highest BCUT2D eigenvalue weighted by Gasteiger charge is 2.17. The number of amides is 1. The SMILES string of the molecule is CC(C)(C)c1ccc(O)c(/C=N/NC(=O)C(O)c2ccccc2)c1. The Morgan fingerprint density at radius 3 is 2.46 bits per heavy atom. The molecule has 0 saturated heterocycles. The van der Waals surface area contributed by atoms with Gasteiger partial charge in [0.25, 0.3) is 5.91 Å². The van der Waals surface area contributed by atoms with E-state index in [9.17, 15) is 15.0 Å². The van der Waals surface area contributed by atoms with Gasteiger partial charge in [0.15, 0.2) is 6.10 Å². The van der Waals surface area contributed by atoms with Crippen LogP contribution in [0.5, 0.6) is 5.75 Å². The number of aliphatic hydroxyl groups excluding tert-OH is 1. The number of benzene rings is 2. The van der Waals surface area contributed by atoms with Gasteiger partial charge in [-0.3, -0.25) is 4.79 Å². The number of carbonyl (C=O) groups is 1. The molecular weight excluding hydrogens is 304 g/mol. The molecule has 24 heavy (non-hydrogen) atoms. The lowest BCUT2D eigenvalue weighted by atomic mass is 9.86. The molecule has 0 aromatic heterocycles. The minimum atomic E-state index is -1.29. The van der Waals surface area contributed by atoms with Gasteiger partial charge in [-0.15, -0.1) is 0 Å². The van der Waals surface area contributed by atoms with Crippen molar-refractivity contribution < 1.29 is 15.0 Å². The van der Waals surface area contributed by atoms with Crippen LogP contribution in [0.25, 0.3) is 0 Å². The molecule has 126 valence electrons. The molecule has 0 aliphatic rings. The fourth-order valence-electron chi connectivity index (χ4n) is 2.14. The number of carbonyl (C=O) groups excluding carboxylic acids is 1. The van der Waals surface area contributed by atoms with Crippen molar-refractivity contribution in [3.05, 3.63) is 65.2 Å². The van der Waals surface area contributed by atoms with E-state index in [1.165, 1.54) is 6.21 Å². The predicted octanol–water partition coefficient (Wildman–Crippen LogP) is 2.87. The Labute approximate surface area is 141 Å². The molecule has 1 amide bonds. The Morgan fingerprint density at radius 1 is 1.17 bits per heavy atom. The van der Waals surface area contributed by atoms with Gasteiger partial charge in [0, 0.05) is 5.56 Å². The first kappa shape index (κ1) is 17.7. The van der Waals surface area contributed by atoms with Gasteiger partial charge >= 0.3 is 0 Å². The second kappa shape index (κ2) is 7.27. The van der Waals surface area contributed by atoms with Crippen LogP contribution in [-0.4, -0.2) is 22.3 Å². The number of aromatic hydroxyl groups is 1. The van der Waals surface area contributed by atoms with Gasteiger partial charge in [-0.05, 0) is 28.7 Å². The lowest BCUT2D eigenvalue weighted by Gasteiger charge is -2.19. The Kier molecular flexibility index (Phi) is 5.36. The van der Waals surface area contributed by atoms with Crippen LogP contribution in [0.1, 0.15) is 43.6 Å². The number of nitrogens with one attached hydrogen (secondary N) is 1. The van der Waals surface area contributed by atoms with Crippen molar-refractivity contribution in [1.82, 2.24) is 5.43 Å². The number of hydrazone groups is 1. The highest BCUT2D eigenvalue weighted by molar-refractivity contribution is 5.86. The number of phenols is 1. The Hall–Kier alpha value is -2.66. The number of rotatable bonds is 4. The largest absolute Gasteiger partial charge is 0.507 e. The van der Waals surface area contributed by atoms with Gasteiger partial charge in [-0.1, -0.05) is 57.2 Å². The lowest BCUT2D eigenvalue weighted by Crippen LogP contribution is -2.25. The van der Waals surface area contributed by atoms with Crippen LogP contribution in [0, 0.1) is 0 Å². The molecule has 0 radical (unpaired) electrons. The number of hydrogen-bond acceptors (Lipinski definition) is 4. The molecule has 0 heterocycles. The molecule has 0 saturated carbocycles. The summed E-state index contributed by atoms with van der Waals surface area (Å²) in [4.78, 5) is 11.9. The summed E-state index contributed by atoms with van der Waals surface area (Å²) in [7, 11) is 0. The maximum atomic E-state index is 11.9. The first-order valence-corrected chi connectivity index (χ1v) is 7.68. The molecule has 5 nitrogen and oxygen atoms in total. The first-order valence-electron chi connectivity index (χ1n) is 7.68. The van der Waals surface area contributed by atoms with Crippen LogP contribution in [0.2, 0.25) is 0 Å². The maximum absolute atomic E-state index is 11.9. The summed E-state index contributed by atoms with van der Waals surface area (Å²) in [5.74, 6) is -0.562. The second-order valence-electron chi connectivity index (χ2n) is 6.57. The Balaban J connectivity index is 2.08. The summed E-state index contributed by atoms with van der Waals surface area (Å²) in [5.41, 5.74) is 4.24. The standard InChI is InChI=1S/C19H22N2O3/c1-19(2,3)15-9-10-16(22)14(11-15)12-20-21-18(24)17(23)13-7-5-4-6-8-13/h4-12,17,22-23H,1-3H3,(H,21,24)/b20-12+. The lowest BCUT2D eigenvalue weighted by molar-refractivity contribution is -0.129. The smallest absolute Gasteiger partial charge is 0.273 e. The Morgan fingerprint density at radius 2 is 1.83 bits per heavy atom. The number of nitrogens with zero attached hydrogens (tertiary/aromatic N) is 1. The van der Waals surface area contributed by atoms with Crippen LogP contribution in [0.4, 0.5) is 0 Å². The number of hydrogen-bond donors (Lipinski definition) is 3. The summed E-state index contributed by atoms with van der Waals surface area (Å²) in [5, 5.41) is 23.7. The zero-order chi connectivity index (χ0) is 17.7. The average Bonchev–Trinajstić information content (AvgIpc) is 2.55. The van der Waals surface area contributed by atoms with Gasteiger partial charge in [0.05, 0.1) is 6.21 Å². The van der Waals surface area contributed by atoms with E-state index >= 15 is 0 Å². The third-order valence-corrected chi connectivity index (χ3v) is 3.64. The molecule has 2 aromatic carbocycles. The molecule has 0 bridgehead atoms. The van der Waals surface area contributed by atoms with Crippen molar-refractivity contribution in [2.24, 2.45) is 5.10 Å². The Bertz CT molecular complexity index is 734. The molecule has 0 aliphatic carbocycles. The minimum Gasteiger partial charge on any atom is -0.507 e. The zero-order valence-electron chi connectivity index (χ0n) is 14.0. The highest BCUT2D eigenvalue weighted by atomic mass is 16.3. The van der Waals surface area contributed by atoms with Crippen LogP contribution >= 0.6 is 0 Å². The fraction of sp³-hybridized carbons (Fsp3) is 0.263. The molecule has 2 aromatic rings. The monoisotopic (exact) mass is 326 g/mol. The summed E-state index contributed by atoms with van der Waals surface area (Å²) in [6, 6.07) is 13.9. The summed E-state index contributed by atoms with van der Waals surface area (Å²) < 4.78 is 0. The van der Waals surface area contributed by atoms with Crippen LogP contribution < -0.4 is 5.43 Å².